The lowest BCUT2D eigenvalue weighted by atomic mass is 10.1. The summed E-state index contributed by atoms with van der Waals surface area (Å²) in [6.45, 7) is 3.06. The number of nitrogens with one attached hydrogen (secondary N) is 1. The second kappa shape index (κ2) is 9.01. The Morgan fingerprint density at radius 1 is 0.970 bits per heavy atom. The molecule has 0 bridgehead atoms. The van der Waals surface area contributed by atoms with Gasteiger partial charge in [-0.2, -0.15) is 0 Å². The fourth-order valence-electron chi connectivity index (χ4n) is 3.39. The van der Waals surface area contributed by atoms with Crippen molar-refractivity contribution in [1.29, 1.82) is 0 Å². The van der Waals surface area contributed by atoms with Gasteiger partial charge in [-0.15, -0.1) is 0 Å². The molecule has 0 saturated carbocycles. The Balaban J connectivity index is 1.44. The van der Waals surface area contributed by atoms with Crippen LogP contribution in [0.2, 0.25) is 0 Å². The van der Waals surface area contributed by atoms with E-state index in [9.17, 15) is 17.6 Å². The molecule has 0 saturated heterocycles. The number of rotatable bonds is 7. The Morgan fingerprint density at radius 3 is 2.52 bits per heavy atom. The van der Waals surface area contributed by atoms with Crippen molar-refractivity contribution in [2.45, 2.75) is 26.2 Å². The van der Waals surface area contributed by atoms with Crippen LogP contribution in [0.4, 0.5) is 23.4 Å². The molecule has 0 aliphatic heterocycles. The number of fused-ring (bicyclic) bond motifs is 1. The predicted octanol–water partition coefficient (Wildman–Crippen LogP) is 6.17. The molecule has 0 unspecified atom stereocenters. The average molecular weight is 456 g/mol. The fourth-order valence-corrected chi connectivity index (χ4v) is 3.39. The number of alkyl halides is 2. The van der Waals surface area contributed by atoms with E-state index < -0.39 is 17.6 Å². The van der Waals surface area contributed by atoms with Crippen molar-refractivity contribution < 1.29 is 22.3 Å². The van der Waals surface area contributed by atoms with E-state index >= 15 is 0 Å². The van der Waals surface area contributed by atoms with Gasteiger partial charge in [-0.3, -0.25) is 0 Å². The predicted molar refractivity (Wildman–Crippen MR) is 117 cm³/mol. The summed E-state index contributed by atoms with van der Waals surface area (Å²) >= 11 is 0. The first-order valence-corrected chi connectivity index (χ1v) is 10.2. The highest BCUT2D eigenvalue weighted by molar-refractivity contribution is 5.89. The molecule has 0 fully saturated rings. The first-order chi connectivity index (χ1) is 15.7. The Labute approximate surface area is 187 Å². The van der Waals surface area contributed by atoms with Crippen LogP contribution in [0, 0.1) is 18.6 Å². The highest BCUT2D eigenvalue weighted by Gasteiger charge is 2.25. The summed E-state index contributed by atoms with van der Waals surface area (Å²) in [5, 5.41) is 3.03. The van der Waals surface area contributed by atoms with Crippen LogP contribution >= 0.6 is 0 Å². The molecule has 170 valence electrons. The lowest BCUT2D eigenvalue weighted by Crippen LogP contribution is -2.08. The molecule has 2 aromatic carbocycles. The third-order valence-corrected chi connectivity index (χ3v) is 5.09. The summed E-state index contributed by atoms with van der Waals surface area (Å²) < 4.78 is 60.9. The number of anilines is 1. The van der Waals surface area contributed by atoms with Gasteiger partial charge in [0.15, 0.2) is 0 Å². The molecule has 0 amide bonds. The highest BCUT2D eigenvalue weighted by atomic mass is 19.3. The van der Waals surface area contributed by atoms with E-state index in [-0.39, 0.29) is 28.2 Å². The van der Waals surface area contributed by atoms with Crippen molar-refractivity contribution >= 4 is 16.7 Å². The molecule has 0 spiro atoms. The normalized spacial score (nSPS) is 11.6. The van der Waals surface area contributed by atoms with Crippen LogP contribution in [0.5, 0.6) is 11.6 Å². The maximum atomic E-state index is 14.2. The van der Waals surface area contributed by atoms with E-state index in [0.29, 0.717) is 18.7 Å². The van der Waals surface area contributed by atoms with E-state index in [1.165, 1.54) is 24.7 Å². The first-order valence-electron chi connectivity index (χ1n) is 10.2. The Hall–Kier alpha value is -3.75. The van der Waals surface area contributed by atoms with Crippen molar-refractivity contribution in [3.8, 4) is 11.6 Å². The standard InChI is InChI=1S/C24H20F4N4O/c1-14-11-15(3-6-19(14)33-20-12-16(8-10-29-20)24(2,27)28)7-9-30-23-21-17(25)4-5-18(26)22(21)31-13-32-23/h3-6,8,10-13H,7,9H2,1-2H3,(H,30,31,32). The van der Waals surface area contributed by atoms with Gasteiger partial charge in [-0.05, 0) is 48.7 Å². The van der Waals surface area contributed by atoms with Crippen LogP contribution in [-0.4, -0.2) is 21.5 Å². The largest absolute Gasteiger partial charge is 0.439 e. The van der Waals surface area contributed by atoms with Crippen molar-refractivity contribution in [3.63, 3.8) is 0 Å². The number of halogens is 4. The third-order valence-electron chi connectivity index (χ3n) is 5.09. The lowest BCUT2D eigenvalue weighted by molar-refractivity contribution is 0.0171. The molecular weight excluding hydrogens is 436 g/mol. The van der Waals surface area contributed by atoms with E-state index in [1.54, 1.807) is 6.07 Å². The van der Waals surface area contributed by atoms with E-state index in [1.807, 2.05) is 19.1 Å². The number of nitrogens with zero attached hydrogens (tertiary/aromatic N) is 3. The highest BCUT2D eigenvalue weighted by Crippen LogP contribution is 2.31. The SMILES string of the molecule is Cc1cc(CCNc2ncnc3c(F)ccc(F)c23)ccc1Oc1cc(C(C)(F)F)ccn1. The average Bonchev–Trinajstić information content (AvgIpc) is 2.78. The second-order valence-corrected chi connectivity index (χ2v) is 7.62. The Bertz CT molecular complexity index is 1310. The maximum absolute atomic E-state index is 14.2. The summed E-state index contributed by atoms with van der Waals surface area (Å²) in [5.74, 6) is -3.42. The smallest absolute Gasteiger partial charge is 0.270 e. The molecule has 1 N–H and O–H groups in total. The first kappa shape index (κ1) is 22.4. The summed E-state index contributed by atoms with van der Waals surface area (Å²) in [4.78, 5) is 11.8. The third kappa shape index (κ3) is 5.02. The summed E-state index contributed by atoms with van der Waals surface area (Å²) in [5.41, 5.74) is 1.49. The minimum atomic E-state index is -2.99. The summed E-state index contributed by atoms with van der Waals surface area (Å²) in [7, 11) is 0. The van der Waals surface area contributed by atoms with Gasteiger partial charge in [0.25, 0.3) is 5.92 Å². The number of aromatic nitrogens is 3. The molecule has 0 aliphatic carbocycles. The molecule has 33 heavy (non-hydrogen) atoms. The number of aryl methyl sites for hydroxylation is 1. The van der Waals surface area contributed by atoms with Crippen molar-refractivity contribution in [2.75, 3.05) is 11.9 Å². The maximum Gasteiger partial charge on any atom is 0.270 e. The zero-order valence-corrected chi connectivity index (χ0v) is 17.9. The van der Waals surface area contributed by atoms with Gasteiger partial charge in [-0.25, -0.2) is 32.5 Å². The topological polar surface area (TPSA) is 59.9 Å². The summed E-state index contributed by atoms with van der Waals surface area (Å²) in [6.07, 6.45) is 3.03. The minimum absolute atomic E-state index is 0.00446. The van der Waals surface area contributed by atoms with Gasteiger partial charge < -0.3 is 10.1 Å². The molecule has 0 atom stereocenters. The zero-order chi connectivity index (χ0) is 23.6. The monoisotopic (exact) mass is 456 g/mol. The molecule has 5 nitrogen and oxygen atoms in total. The zero-order valence-electron chi connectivity index (χ0n) is 17.9. The molecule has 4 rings (SSSR count). The molecule has 9 heteroatoms. The molecule has 2 aromatic heterocycles. The number of benzene rings is 2. The van der Waals surface area contributed by atoms with Crippen LogP contribution in [-0.2, 0) is 12.3 Å². The Kier molecular flexibility index (Phi) is 6.13. The van der Waals surface area contributed by atoms with E-state index in [0.717, 1.165) is 30.2 Å². The number of pyridine rings is 1. The van der Waals surface area contributed by atoms with Gasteiger partial charge in [0.1, 0.15) is 35.0 Å². The van der Waals surface area contributed by atoms with Gasteiger partial charge in [-0.1, -0.05) is 12.1 Å². The van der Waals surface area contributed by atoms with Crippen LogP contribution in [0.1, 0.15) is 23.6 Å². The molecular formula is C24H20F4N4O. The molecule has 2 heterocycles. The Morgan fingerprint density at radius 2 is 1.76 bits per heavy atom. The van der Waals surface area contributed by atoms with Crippen LogP contribution in [0.15, 0.2) is 55.0 Å². The lowest BCUT2D eigenvalue weighted by Gasteiger charge is -2.13. The van der Waals surface area contributed by atoms with Gasteiger partial charge >= 0.3 is 0 Å². The van der Waals surface area contributed by atoms with Crippen molar-refractivity contribution in [1.82, 2.24) is 15.0 Å². The minimum Gasteiger partial charge on any atom is -0.439 e. The quantitative estimate of drug-likeness (QED) is 0.337. The van der Waals surface area contributed by atoms with E-state index in [2.05, 4.69) is 20.3 Å². The number of hydrogen-bond donors (Lipinski definition) is 1. The molecule has 0 radical (unpaired) electrons. The number of hydrogen-bond acceptors (Lipinski definition) is 5. The van der Waals surface area contributed by atoms with Crippen molar-refractivity contribution in [2.24, 2.45) is 0 Å². The van der Waals surface area contributed by atoms with E-state index in [4.69, 9.17) is 4.74 Å². The summed E-state index contributed by atoms with van der Waals surface area (Å²) in [6, 6.07) is 10.00. The van der Waals surface area contributed by atoms with Gasteiger partial charge in [0, 0.05) is 31.3 Å². The van der Waals surface area contributed by atoms with Crippen LogP contribution in [0.25, 0.3) is 10.9 Å². The van der Waals surface area contributed by atoms with Crippen LogP contribution in [0.3, 0.4) is 0 Å². The van der Waals surface area contributed by atoms with Gasteiger partial charge in [0.05, 0.1) is 5.39 Å². The second-order valence-electron chi connectivity index (χ2n) is 7.62. The van der Waals surface area contributed by atoms with Gasteiger partial charge in [0.2, 0.25) is 5.88 Å². The molecule has 0 aliphatic rings. The van der Waals surface area contributed by atoms with Crippen molar-refractivity contribution in [3.05, 3.63) is 83.3 Å². The molecule has 4 aromatic rings. The number of ether oxygens (including phenoxy) is 1. The fraction of sp³-hybridized carbons (Fsp3) is 0.208. The van der Waals surface area contributed by atoms with Crippen LogP contribution < -0.4 is 10.1 Å².